The number of allylic oxidation sites excluding steroid dienone is 7. The molecule has 0 amide bonds. The van der Waals surface area contributed by atoms with Crippen molar-refractivity contribution in [1.29, 1.82) is 0 Å². The van der Waals surface area contributed by atoms with E-state index in [1.165, 1.54) is 10.9 Å². The van der Waals surface area contributed by atoms with Crippen LogP contribution in [0.3, 0.4) is 0 Å². The third-order valence-corrected chi connectivity index (χ3v) is 3.43. The molecular weight excluding hydrogens is 266 g/mol. The van der Waals surface area contributed by atoms with Crippen molar-refractivity contribution in [2.75, 3.05) is 0 Å². The third kappa shape index (κ3) is 2.79. The number of nitrogens with zero attached hydrogens (tertiary/aromatic N) is 1. The first kappa shape index (κ1) is 15.6. The van der Waals surface area contributed by atoms with Crippen molar-refractivity contribution >= 4 is 28.8 Å². The van der Waals surface area contributed by atoms with E-state index in [9.17, 15) is 0 Å². The number of para-hydroxylation sites is 1. The number of aromatic nitrogens is 1. The summed E-state index contributed by atoms with van der Waals surface area (Å²) >= 11 is 0. The lowest BCUT2D eigenvalue weighted by Gasteiger charge is -2.09. The summed E-state index contributed by atoms with van der Waals surface area (Å²) in [6, 6.07) is 8.36. The average Bonchev–Trinajstić information content (AvgIpc) is 2.86. The fraction of sp³-hybridized carbons (Fsp3) is 0.0476. The van der Waals surface area contributed by atoms with E-state index >= 15 is 0 Å². The maximum atomic E-state index is 4.00. The van der Waals surface area contributed by atoms with Crippen LogP contribution in [0, 0.1) is 0 Å². The standard InChI is InChI=1S/C21H21N/c1-5-9-14-17(12-6-2)22-20(8-4)18(13-7-3)19-15-10-11-16-21(19)22/h5-16H,1-2,4H2,3H3/b13-7-,14-9-,17-12+. The molecule has 0 fully saturated rings. The minimum atomic E-state index is 1.02. The summed E-state index contributed by atoms with van der Waals surface area (Å²) in [7, 11) is 0. The highest BCUT2D eigenvalue weighted by Gasteiger charge is 2.14. The largest absolute Gasteiger partial charge is 0.309 e. The summed E-state index contributed by atoms with van der Waals surface area (Å²) in [5.74, 6) is 0. The van der Waals surface area contributed by atoms with Crippen molar-refractivity contribution < 1.29 is 0 Å². The van der Waals surface area contributed by atoms with E-state index < -0.39 is 0 Å². The van der Waals surface area contributed by atoms with Gasteiger partial charge in [-0.2, -0.15) is 0 Å². The number of hydrogen-bond donors (Lipinski definition) is 0. The molecule has 0 atom stereocenters. The molecule has 0 unspecified atom stereocenters. The van der Waals surface area contributed by atoms with Crippen molar-refractivity contribution in [2.24, 2.45) is 0 Å². The second-order valence-corrected chi connectivity index (χ2v) is 4.78. The fourth-order valence-corrected chi connectivity index (χ4v) is 2.60. The van der Waals surface area contributed by atoms with Crippen LogP contribution in [-0.4, -0.2) is 4.57 Å². The molecule has 0 N–H and O–H groups in total. The van der Waals surface area contributed by atoms with Crippen LogP contribution in [0.1, 0.15) is 18.2 Å². The van der Waals surface area contributed by atoms with E-state index in [-0.39, 0.29) is 0 Å². The van der Waals surface area contributed by atoms with Crippen molar-refractivity contribution in [3.8, 4) is 0 Å². The van der Waals surface area contributed by atoms with Crippen LogP contribution in [0.15, 0.2) is 80.5 Å². The Morgan fingerprint density at radius 1 is 1.09 bits per heavy atom. The molecule has 22 heavy (non-hydrogen) atoms. The zero-order valence-electron chi connectivity index (χ0n) is 13.0. The zero-order valence-corrected chi connectivity index (χ0v) is 13.0. The fourth-order valence-electron chi connectivity index (χ4n) is 2.60. The van der Waals surface area contributed by atoms with Crippen LogP contribution < -0.4 is 0 Å². The van der Waals surface area contributed by atoms with E-state index in [1.807, 2.05) is 37.3 Å². The van der Waals surface area contributed by atoms with E-state index in [2.05, 4.69) is 54.7 Å². The Kier molecular flexibility index (Phi) is 5.16. The van der Waals surface area contributed by atoms with Gasteiger partial charge in [0, 0.05) is 16.6 Å². The lowest BCUT2D eigenvalue weighted by molar-refractivity contribution is 1.15. The van der Waals surface area contributed by atoms with E-state index in [1.54, 1.807) is 12.2 Å². The first-order chi connectivity index (χ1) is 10.8. The summed E-state index contributed by atoms with van der Waals surface area (Å²) in [5.41, 5.74) is 4.42. The maximum absolute atomic E-state index is 4.00. The molecule has 1 heteroatoms. The molecule has 0 aliphatic heterocycles. The van der Waals surface area contributed by atoms with E-state index in [0.717, 1.165) is 16.9 Å². The van der Waals surface area contributed by atoms with Crippen molar-refractivity contribution in [3.63, 3.8) is 0 Å². The van der Waals surface area contributed by atoms with Crippen LogP contribution >= 0.6 is 0 Å². The second kappa shape index (κ2) is 7.28. The lowest BCUT2D eigenvalue weighted by Crippen LogP contribution is -1.97. The van der Waals surface area contributed by atoms with E-state index in [4.69, 9.17) is 0 Å². The van der Waals surface area contributed by atoms with Gasteiger partial charge in [-0.1, -0.05) is 68.3 Å². The highest BCUT2D eigenvalue weighted by Crippen LogP contribution is 2.31. The van der Waals surface area contributed by atoms with Crippen LogP contribution in [0.4, 0.5) is 0 Å². The molecule has 0 aliphatic rings. The van der Waals surface area contributed by atoms with Gasteiger partial charge in [0.15, 0.2) is 0 Å². The Balaban J connectivity index is 2.89. The predicted octanol–water partition coefficient (Wildman–Crippen LogP) is 6.09. The Bertz CT molecular complexity index is 795. The quantitative estimate of drug-likeness (QED) is 0.567. The molecule has 2 aromatic rings. The highest BCUT2D eigenvalue weighted by atomic mass is 15.0. The van der Waals surface area contributed by atoms with Gasteiger partial charge in [0.1, 0.15) is 0 Å². The molecule has 2 rings (SSSR count). The smallest absolute Gasteiger partial charge is 0.0541 e. The minimum Gasteiger partial charge on any atom is -0.309 e. The Morgan fingerprint density at radius 2 is 1.86 bits per heavy atom. The zero-order chi connectivity index (χ0) is 15.9. The number of benzene rings is 1. The first-order valence-electron chi connectivity index (χ1n) is 7.29. The first-order valence-corrected chi connectivity index (χ1v) is 7.29. The van der Waals surface area contributed by atoms with Gasteiger partial charge >= 0.3 is 0 Å². The van der Waals surface area contributed by atoms with Crippen LogP contribution in [0.5, 0.6) is 0 Å². The van der Waals surface area contributed by atoms with Crippen molar-refractivity contribution in [2.45, 2.75) is 6.92 Å². The topological polar surface area (TPSA) is 4.93 Å². The molecule has 1 heterocycles. The van der Waals surface area contributed by atoms with Gasteiger partial charge < -0.3 is 4.57 Å². The molecule has 0 radical (unpaired) electrons. The second-order valence-electron chi connectivity index (χ2n) is 4.78. The van der Waals surface area contributed by atoms with Crippen LogP contribution in [-0.2, 0) is 0 Å². The van der Waals surface area contributed by atoms with Gasteiger partial charge in [0.2, 0.25) is 0 Å². The molecule has 1 aromatic heterocycles. The monoisotopic (exact) mass is 287 g/mol. The van der Waals surface area contributed by atoms with Gasteiger partial charge in [0.05, 0.1) is 11.2 Å². The molecule has 0 aliphatic carbocycles. The lowest BCUT2D eigenvalue weighted by atomic mass is 10.1. The molecule has 0 bridgehead atoms. The Labute approximate surface area is 132 Å². The maximum Gasteiger partial charge on any atom is 0.0541 e. The van der Waals surface area contributed by atoms with Gasteiger partial charge in [0.25, 0.3) is 0 Å². The third-order valence-electron chi connectivity index (χ3n) is 3.43. The summed E-state index contributed by atoms with van der Waals surface area (Å²) < 4.78 is 2.19. The minimum absolute atomic E-state index is 1.02. The van der Waals surface area contributed by atoms with Crippen molar-refractivity contribution in [1.82, 2.24) is 4.57 Å². The molecule has 110 valence electrons. The van der Waals surface area contributed by atoms with Crippen molar-refractivity contribution in [3.05, 3.63) is 91.7 Å². The van der Waals surface area contributed by atoms with Gasteiger partial charge in [-0.15, -0.1) is 0 Å². The summed E-state index contributed by atoms with van der Waals surface area (Å²) in [6.45, 7) is 13.6. The van der Waals surface area contributed by atoms with E-state index in [0.29, 0.717) is 0 Å². The van der Waals surface area contributed by atoms with Crippen LogP contribution in [0.25, 0.3) is 28.8 Å². The Hall–Kier alpha value is -2.80. The predicted molar refractivity (Wildman–Crippen MR) is 101 cm³/mol. The van der Waals surface area contributed by atoms with Crippen LogP contribution in [0.2, 0.25) is 0 Å². The molecular formula is C21H21N. The molecule has 0 spiro atoms. The summed E-state index contributed by atoms with van der Waals surface area (Å²) in [6.07, 6.45) is 15.6. The van der Waals surface area contributed by atoms with Gasteiger partial charge in [-0.05, 0) is 31.2 Å². The molecule has 1 nitrogen and oxygen atoms in total. The Morgan fingerprint density at radius 3 is 2.50 bits per heavy atom. The highest BCUT2D eigenvalue weighted by molar-refractivity contribution is 5.97. The molecule has 0 saturated heterocycles. The summed E-state index contributed by atoms with van der Waals surface area (Å²) in [4.78, 5) is 0. The average molecular weight is 287 g/mol. The molecule has 0 saturated carbocycles. The summed E-state index contributed by atoms with van der Waals surface area (Å²) in [5, 5.41) is 1.21. The molecule has 1 aromatic carbocycles. The number of hydrogen-bond acceptors (Lipinski definition) is 0. The number of fused-ring (bicyclic) bond motifs is 1. The van der Waals surface area contributed by atoms with Gasteiger partial charge in [-0.25, -0.2) is 0 Å². The van der Waals surface area contributed by atoms with Gasteiger partial charge in [-0.3, -0.25) is 0 Å². The number of rotatable bonds is 6. The SMILES string of the molecule is C=C/C=C\C(=C/C=C)n1c(C=C)c(/C=C\C)c2ccccc21. The normalized spacial score (nSPS) is 12.3.